The Hall–Kier alpha value is -2.21. The molecule has 134 valence electrons. The molecule has 1 aromatic carbocycles. The van der Waals surface area contributed by atoms with Crippen molar-refractivity contribution >= 4 is 5.91 Å². The zero-order valence-electron chi connectivity index (χ0n) is 14.9. The first-order valence-corrected chi connectivity index (χ1v) is 9.14. The van der Waals surface area contributed by atoms with Gasteiger partial charge < -0.3 is 5.32 Å². The van der Waals surface area contributed by atoms with E-state index in [0.29, 0.717) is 6.54 Å². The minimum absolute atomic E-state index is 0.0563. The maximum absolute atomic E-state index is 12.2. The average molecular weight is 341 g/mol. The van der Waals surface area contributed by atoms with Crippen LogP contribution in [-0.4, -0.2) is 38.7 Å². The molecule has 1 atom stereocenters. The molecular formula is C19H27N5O. The molecule has 0 saturated carbocycles. The highest BCUT2D eigenvalue weighted by Gasteiger charge is 2.15. The lowest BCUT2D eigenvalue weighted by Gasteiger charge is -2.20. The first-order valence-electron chi connectivity index (χ1n) is 9.14. The fraction of sp³-hybridized carbons (Fsp3) is 0.526. The summed E-state index contributed by atoms with van der Waals surface area (Å²) >= 11 is 0. The van der Waals surface area contributed by atoms with Gasteiger partial charge in [-0.1, -0.05) is 37.1 Å². The lowest BCUT2D eigenvalue weighted by atomic mass is 10.1. The summed E-state index contributed by atoms with van der Waals surface area (Å²) in [4.78, 5) is 18.6. The Labute approximate surface area is 149 Å². The number of rotatable bonds is 6. The summed E-state index contributed by atoms with van der Waals surface area (Å²) in [5.74, 6) is -0.0563. The Balaban J connectivity index is 1.48. The smallest absolute Gasteiger partial charge is 0.244 e. The minimum Gasteiger partial charge on any atom is -0.350 e. The zero-order chi connectivity index (χ0) is 17.5. The van der Waals surface area contributed by atoms with Crippen molar-refractivity contribution in [3.63, 3.8) is 0 Å². The molecule has 2 aromatic rings. The van der Waals surface area contributed by atoms with Crippen molar-refractivity contribution in [3.05, 3.63) is 48.0 Å². The van der Waals surface area contributed by atoms with E-state index < -0.39 is 0 Å². The van der Waals surface area contributed by atoms with Gasteiger partial charge in [-0.25, -0.2) is 9.67 Å². The predicted molar refractivity (Wildman–Crippen MR) is 96.8 cm³/mol. The number of hydrogen-bond acceptors (Lipinski definition) is 4. The molecule has 1 aliphatic heterocycles. The first-order chi connectivity index (χ1) is 12.2. The Bertz CT molecular complexity index is 645. The summed E-state index contributed by atoms with van der Waals surface area (Å²) in [6.07, 6.45) is 8.35. The summed E-state index contributed by atoms with van der Waals surface area (Å²) in [6, 6.07) is 8.20. The number of amides is 1. The van der Waals surface area contributed by atoms with Crippen LogP contribution in [0.2, 0.25) is 0 Å². The predicted octanol–water partition coefficient (Wildman–Crippen LogP) is 2.53. The quantitative estimate of drug-likeness (QED) is 0.877. The topological polar surface area (TPSA) is 63.1 Å². The van der Waals surface area contributed by atoms with E-state index in [2.05, 4.69) is 44.6 Å². The van der Waals surface area contributed by atoms with E-state index >= 15 is 0 Å². The zero-order valence-corrected chi connectivity index (χ0v) is 14.9. The summed E-state index contributed by atoms with van der Waals surface area (Å²) < 4.78 is 1.56. The van der Waals surface area contributed by atoms with E-state index in [4.69, 9.17) is 0 Å². The molecule has 1 aliphatic rings. The molecule has 1 N–H and O–H groups in total. The Morgan fingerprint density at radius 2 is 1.80 bits per heavy atom. The molecule has 1 amide bonds. The van der Waals surface area contributed by atoms with Crippen LogP contribution in [0.3, 0.4) is 0 Å². The fourth-order valence-electron chi connectivity index (χ4n) is 3.19. The standard InChI is InChI=1S/C19H27N5O/c1-16(24-15-20-14-22-24)19(25)21-12-17-6-8-18(9-7-17)13-23-10-4-2-3-5-11-23/h6-9,14-16H,2-5,10-13H2,1H3,(H,21,25)/t16-/m1/s1. The number of likely N-dealkylation sites (tertiary alicyclic amines) is 1. The molecule has 0 unspecified atom stereocenters. The third kappa shape index (κ3) is 5.13. The maximum Gasteiger partial charge on any atom is 0.244 e. The van der Waals surface area contributed by atoms with E-state index in [1.54, 1.807) is 11.0 Å². The van der Waals surface area contributed by atoms with Crippen molar-refractivity contribution in [3.8, 4) is 0 Å². The highest BCUT2D eigenvalue weighted by Crippen LogP contribution is 2.14. The van der Waals surface area contributed by atoms with Crippen LogP contribution in [-0.2, 0) is 17.9 Å². The Kier molecular flexibility index (Phi) is 6.17. The Morgan fingerprint density at radius 1 is 1.12 bits per heavy atom. The Morgan fingerprint density at radius 3 is 2.44 bits per heavy atom. The van der Waals surface area contributed by atoms with E-state index in [1.165, 1.54) is 50.7 Å². The highest BCUT2D eigenvalue weighted by molar-refractivity contribution is 5.79. The number of aromatic nitrogens is 3. The van der Waals surface area contributed by atoms with Crippen LogP contribution in [0, 0.1) is 0 Å². The van der Waals surface area contributed by atoms with Gasteiger partial charge in [-0.2, -0.15) is 5.10 Å². The number of nitrogens with zero attached hydrogens (tertiary/aromatic N) is 4. The van der Waals surface area contributed by atoms with Gasteiger partial charge in [0.15, 0.2) is 0 Å². The first kappa shape index (κ1) is 17.6. The SMILES string of the molecule is C[C@H](C(=O)NCc1ccc(CN2CCCCCC2)cc1)n1cncn1. The summed E-state index contributed by atoms with van der Waals surface area (Å²) in [5.41, 5.74) is 2.45. The van der Waals surface area contributed by atoms with Gasteiger partial charge in [0.2, 0.25) is 5.91 Å². The second-order valence-corrected chi connectivity index (χ2v) is 6.78. The normalized spacial score (nSPS) is 17.0. The molecule has 1 saturated heterocycles. The molecule has 6 nitrogen and oxygen atoms in total. The number of benzene rings is 1. The lowest BCUT2D eigenvalue weighted by molar-refractivity contribution is -0.124. The van der Waals surface area contributed by atoms with Crippen molar-refractivity contribution in [1.82, 2.24) is 25.0 Å². The molecule has 1 fully saturated rings. The van der Waals surface area contributed by atoms with Crippen molar-refractivity contribution in [2.75, 3.05) is 13.1 Å². The molecule has 2 heterocycles. The van der Waals surface area contributed by atoms with Gasteiger partial charge in [0, 0.05) is 13.1 Å². The van der Waals surface area contributed by atoms with Crippen LogP contribution < -0.4 is 5.32 Å². The molecule has 0 aliphatic carbocycles. The van der Waals surface area contributed by atoms with E-state index in [9.17, 15) is 4.79 Å². The van der Waals surface area contributed by atoms with Gasteiger partial charge in [-0.3, -0.25) is 9.69 Å². The molecule has 1 aromatic heterocycles. The third-order valence-corrected chi connectivity index (χ3v) is 4.81. The maximum atomic E-state index is 12.2. The third-order valence-electron chi connectivity index (χ3n) is 4.81. The van der Waals surface area contributed by atoms with Crippen molar-refractivity contribution in [1.29, 1.82) is 0 Å². The lowest BCUT2D eigenvalue weighted by Crippen LogP contribution is -2.30. The average Bonchev–Trinajstić information content (AvgIpc) is 3.06. The van der Waals surface area contributed by atoms with Gasteiger partial charge in [0.05, 0.1) is 0 Å². The summed E-state index contributed by atoms with van der Waals surface area (Å²) in [6.45, 7) is 5.78. The van der Waals surface area contributed by atoms with Crippen LogP contribution in [0.15, 0.2) is 36.9 Å². The molecule has 25 heavy (non-hydrogen) atoms. The summed E-state index contributed by atoms with van der Waals surface area (Å²) in [5, 5.41) is 6.96. The van der Waals surface area contributed by atoms with Crippen LogP contribution in [0.4, 0.5) is 0 Å². The van der Waals surface area contributed by atoms with Gasteiger partial charge >= 0.3 is 0 Å². The van der Waals surface area contributed by atoms with Crippen molar-refractivity contribution in [2.24, 2.45) is 0 Å². The second-order valence-electron chi connectivity index (χ2n) is 6.78. The number of nitrogens with one attached hydrogen (secondary N) is 1. The van der Waals surface area contributed by atoms with Gasteiger partial charge in [-0.15, -0.1) is 0 Å². The summed E-state index contributed by atoms with van der Waals surface area (Å²) in [7, 11) is 0. The largest absolute Gasteiger partial charge is 0.350 e. The number of carbonyl (C=O) groups excluding carboxylic acids is 1. The number of carbonyl (C=O) groups is 1. The van der Waals surface area contributed by atoms with E-state index in [1.807, 2.05) is 6.92 Å². The van der Waals surface area contributed by atoms with Crippen LogP contribution >= 0.6 is 0 Å². The van der Waals surface area contributed by atoms with Crippen LogP contribution in [0.1, 0.15) is 49.8 Å². The van der Waals surface area contributed by atoms with Gasteiger partial charge in [0.1, 0.15) is 18.7 Å². The monoisotopic (exact) mass is 341 g/mol. The van der Waals surface area contributed by atoms with Crippen molar-refractivity contribution in [2.45, 2.75) is 51.7 Å². The van der Waals surface area contributed by atoms with Crippen molar-refractivity contribution < 1.29 is 4.79 Å². The van der Waals surface area contributed by atoms with Crippen LogP contribution in [0.5, 0.6) is 0 Å². The fourth-order valence-corrected chi connectivity index (χ4v) is 3.19. The molecule has 0 radical (unpaired) electrons. The van der Waals surface area contributed by atoms with Gasteiger partial charge in [0.25, 0.3) is 0 Å². The minimum atomic E-state index is -0.357. The van der Waals surface area contributed by atoms with Crippen LogP contribution in [0.25, 0.3) is 0 Å². The molecule has 0 bridgehead atoms. The van der Waals surface area contributed by atoms with E-state index in [-0.39, 0.29) is 11.9 Å². The molecule has 0 spiro atoms. The molecular weight excluding hydrogens is 314 g/mol. The molecule has 3 rings (SSSR count). The van der Waals surface area contributed by atoms with E-state index in [0.717, 1.165) is 12.1 Å². The van der Waals surface area contributed by atoms with Gasteiger partial charge in [-0.05, 0) is 44.0 Å². The molecule has 6 heteroatoms. The second kappa shape index (κ2) is 8.76. The highest BCUT2D eigenvalue weighted by atomic mass is 16.2. The number of hydrogen-bond donors (Lipinski definition) is 1.